The van der Waals surface area contributed by atoms with Gasteiger partial charge in [0.25, 0.3) is 0 Å². The van der Waals surface area contributed by atoms with Crippen molar-refractivity contribution in [2.75, 3.05) is 0 Å². The van der Waals surface area contributed by atoms with Crippen LogP contribution < -0.4 is 0 Å². The summed E-state index contributed by atoms with van der Waals surface area (Å²) in [7, 11) is 0. The van der Waals surface area contributed by atoms with Gasteiger partial charge in [-0.05, 0) is 6.42 Å². The van der Waals surface area contributed by atoms with Gasteiger partial charge in [-0.2, -0.15) is 0 Å². The van der Waals surface area contributed by atoms with Gasteiger partial charge < -0.3 is 14.6 Å². The maximum absolute atomic E-state index is 10.7. The Morgan fingerprint density at radius 2 is 2.00 bits per heavy atom. The normalized spacial score (nSPS) is 12.4. The van der Waals surface area contributed by atoms with Gasteiger partial charge in [0.15, 0.2) is 5.89 Å². The Morgan fingerprint density at radius 1 is 1.38 bits per heavy atom. The van der Waals surface area contributed by atoms with Gasteiger partial charge in [-0.1, -0.05) is 20.3 Å². The number of rotatable bonds is 5. The van der Waals surface area contributed by atoms with Crippen molar-refractivity contribution in [1.82, 2.24) is 4.98 Å². The van der Waals surface area contributed by atoms with Crippen molar-refractivity contribution >= 4 is 11.9 Å². The quantitative estimate of drug-likeness (QED) is 0.797. The maximum Gasteiger partial charge on any atom is 0.374 e. The molecule has 0 amide bonds. The molecule has 0 spiro atoms. The van der Waals surface area contributed by atoms with E-state index in [4.69, 9.17) is 14.6 Å². The zero-order chi connectivity index (χ0) is 12.3. The number of oxazole rings is 1. The average molecular weight is 227 g/mol. The fourth-order valence-corrected chi connectivity index (χ4v) is 1.39. The van der Waals surface area contributed by atoms with E-state index < -0.39 is 23.4 Å². The molecule has 0 fully saturated rings. The number of aromatic nitrogens is 1. The Balaban J connectivity index is 3.11. The molecule has 0 aliphatic carbocycles. The first-order valence-electron chi connectivity index (χ1n) is 4.94. The Kier molecular flexibility index (Phi) is 3.65. The van der Waals surface area contributed by atoms with Crippen LogP contribution in [0.2, 0.25) is 0 Å². The lowest BCUT2D eigenvalue weighted by molar-refractivity contribution is 0.0622. The number of carbonyl (C=O) groups is 2. The summed E-state index contributed by atoms with van der Waals surface area (Å²) >= 11 is 0. The minimum absolute atomic E-state index is 0.0869. The minimum atomic E-state index is -1.42. The summed E-state index contributed by atoms with van der Waals surface area (Å²) < 4.78 is 4.96. The molecule has 1 aromatic heterocycles. The molecule has 0 aliphatic heterocycles. The van der Waals surface area contributed by atoms with Crippen molar-refractivity contribution in [3.8, 4) is 0 Å². The van der Waals surface area contributed by atoms with E-state index in [-0.39, 0.29) is 11.8 Å². The first-order chi connectivity index (χ1) is 7.47. The molecule has 0 aliphatic rings. The van der Waals surface area contributed by atoms with Gasteiger partial charge in [-0.15, -0.1) is 0 Å². The number of carboxylic acids is 2. The van der Waals surface area contributed by atoms with E-state index in [9.17, 15) is 9.59 Å². The van der Waals surface area contributed by atoms with Gasteiger partial charge >= 0.3 is 11.9 Å². The lowest BCUT2D eigenvalue weighted by Gasteiger charge is -2.02. The molecule has 1 unspecified atom stereocenters. The topological polar surface area (TPSA) is 101 Å². The third-order valence-electron chi connectivity index (χ3n) is 2.18. The van der Waals surface area contributed by atoms with Crippen molar-refractivity contribution in [3.63, 3.8) is 0 Å². The summed E-state index contributed by atoms with van der Waals surface area (Å²) in [5.41, 5.74) is -0.537. The van der Waals surface area contributed by atoms with Gasteiger partial charge in [-0.25, -0.2) is 14.6 Å². The van der Waals surface area contributed by atoms with Gasteiger partial charge in [-0.3, -0.25) is 0 Å². The average Bonchev–Trinajstić information content (AvgIpc) is 2.62. The van der Waals surface area contributed by atoms with E-state index in [0.29, 0.717) is 0 Å². The van der Waals surface area contributed by atoms with Crippen LogP contribution in [0.3, 0.4) is 0 Å². The fourth-order valence-electron chi connectivity index (χ4n) is 1.39. The van der Waals surface area contributed by atoms with E-state index in [1.165, 1.54) is 0 Å². The molecule has 6 nitrogen and oxygen atoms in total. The molecule has 0 radical (unpaired) electrons. The van der Waals surface area contributed by atoms with Gasteiger partial charge in [0.1, 0.15) is 0 Å². The summed E-state index contributed by atoms with van der Waals surface area (Å²) in [6, 6.07) is 0. The van der Waals surface area contributed by atoms with Gasteiger partial charge in [0.05, 0.1) is 0 Å². The van der Waals surface area contributed by atoms with Crippen molar-refractivity contribution in [3.05, 3.63) is 17.3 Å². The molecular weight excluding hydrogens is 214 g/mol. The van der Waals surface area contributed by atoms with E-state index >= 15 is 0 Å². The SMILES string of the molecule is CCCC(C)c1nc(C(=O)O)c(C(=O)O)o1. The third-order valence-corrected chi connectivity index (χ3v) is 2.18. The Labute approximate surface area is 91.9 Å². The molecule has 0 bridgehead atoms. The Hall–Kier alpha value is -1.85. The molecule has 1 aromatic rings. The molecule has 0 saturated heterocycles. The van der Waals surface area contributed by atoms with E-state index in [1.807, 2.05) is 13.8 Å². The summed E-state index contributed by atoms with van der Waals surface area (Å²) in [4.78, 5) is 25.2. The van der Waals surface area contributed by atoms with Gasteiger partial charge in [0, 0.05) is 5.92 Å². The molecular formula is C10H13NO5. The molecule has 0 aromatic carbocycles. The fraction of sp³-hybridized carbons (Fsp3) is 0.500. The molecule has 0 saturated carbocycles. The second-order valence-corrected chi connectivity index (χ2v) is 3.53. The molecule has 1 atom stereocenters. The van der Waals surface area contributed by atoms with Crippen LogP contribution in [0.25, 0.3) is 0 Å². The van der Waals surface area contributed by atoms with Crippen LogP contribution in [-0.2, 0) is 0 Å². The number of nitrogens with zero attached hydrogens (tertiary/aromatic N) is 1. The molecule has 88 valence electrons. The van der Waals surface area contributed by atoms with Crippen LogP contribution >= 0.6 is 0 Å². The van der Waals surface area contributed by atoms with Crippen LogP contribution in [0.4, 0.5) is 0 Å². The second kappa shape index (κ2) is 4.78. The highest BCUT2D eigenvalue weighted by Gasteiger charge is 2.26. The van der Waals surface area contributed by atoms with Crippen LogP contribution in [0.1, 0.15) is 59.5 Å². The lowest BCUT2D eigenvalue weighted by atomic mass is 10.1. The molecule has 6 heteroatoms. The maximum atomic E-state index is 10.7. The predicted octanol–water partition coefficient (Wildman–Crippen LogP) is 1.97. The number of carboxylic acid groups (broad SMARTS) is 2. The number of hydrogen-bond acceptors (Lipinski definition) is 4. The van der Waals surface area contributed by atoms with Crippen molar-refractivity contribution in [2.24, 2.45) is 0 Å². The lowest BCUT2D eigenvalue weighted by Crippen LogP contribution is -2.05. The highest BCUT2D eigenvalue weighted by Crippen LogP contribution is 2.22. The number of hydrogen-bond donors (Lipinski definition) is 2. The highest BCUT2D eigenvalue weighted by molar-refractivity contribution is 5.98. The molecule has 2 N–H and O–H groups in total. The summed E-state index contributed by atoms with van der Waals surface area (Å²) in [6.45, 7) is 3.78. The monoisotopic (exact) mass is 227 g/mol. The van der Waals surface area contributed by atoms with E-state index in [0.717, 1.165) is 12.8 Å². The smallest absolute Gasteiger partial charge is 0.374 e. The van der Waals surface area contributed by atoms with E-state index in [2.05, 4.69) is 4.98 Å². The molecule has 1 heterocycles. The first kappa shape index (κ1) is 12.2. The summed E-state index contributed by atoms with van der Waals surface area (Å²) in [6.07, 6.45) is 1.65. The second-order valence-electron chi connectivity index (χ2n) is 3.53. The predicted molar refractivity (Wildman–Crippen MR) is 53.7 cm³/mol. The van der Waals surface area contributed by atoms with Crippen molar-refractivity contribution in [1.29, 1.82) is 0 Å². The van der Waals surface area contributed by atoms with Crippen LogP contribution in [0.15, 0.2) is 4.42 Å². The van der Waals surface area contributed by atoms with Crippen molar-refractivity contribution < 1.29 is 24.2 Å². The molecule has 16 heavy (non-hydrogen) atoms. The minimum Gasteiger partial charge on any atom is -0.476 e. The summed E-state index contributed by atoms with van der Waals surface area (Å²) in [5, 5.41) is 17.5. The van der Waals surface area contributed by atoms with E-state index in [1.54, 1.807) is 0 Å². The van der Waals surface area contributed by atoms with Crippen LogP contribution in [0.5, 0.6) is 0 Å². The standard InChI is InChI=1S/C10H13NO5/c1-3-4-5(2)8-11-6(9(12)13)7(16-8)10(14)15/h5H,3-4H2,1-2H3,(H,12,13)(H,14,15). The summed E-state index contributed by atoms with van der Waals surface area (Å²) in [5.74, 6) is -3.34. The van der Waals surface area contributed by atoms with Crippen LogP contribution in [0, 0.1) is 0 Å². The largest absolute Gasteiger partial charge is 0.476 e. The molecule has 1 rings (SSSR count). The highest BCUT2D eigenvalue weighted by atomic mass is 16.4. The Morgan fingerprint density at radius 3 is 2.38 bits per heavy atom. The zero-order valence-electron chi connectivity index (χ0n) is 9.06. The zero-order valence-corrected chi connectivity index (χ0v) is 9.06. The Bertz CT molecular complexity index is 378. The van der Waals surface area contributed by atoms with Crippen molar-refractivity contribution in [2.45, 2.75) is 32.6 Å². The van der Waals surface area contributed by atoms with Crippen LogP contribution in [-0.4, -0.2) is 27.1 Å². The first-order valence-corrected chi connectivity index (χ1v) is 4.94. The van der Waals surface area contributed by atoms with Gasteiger partial charge in [0.2, 0.25) is 11.5 Å². The number of aromatic carboxylic acids is 2. The third kappa shape index (κ3) is 2.39.